The van der Waals surface area contributed by atoms with Crippen LogP contribution in [0.3, 0.4) is 0 Å². The average molecular weight is 183 g/mol. The number of hydrogen-bond acceptors (Lipinski definition) is 3. The van der Waals surface area contributed by atoms with Crippen LogP contribution in [0.4, 0.5) is 0 Å². The highest BCUT2D eigenvalue weighted by atomic mass is 16.1. The third-order valence-corrected chi connectivity index (χ3v) is 1.90. The van der Waals surface area contributed by atoms with Crippen LogP contribution in [0.15, 0.2) is 0 Å². The number of primary amides is 1. The van der Waals surface area contributed by atoms with Gasteiger partial charge in [-0.1, -0.05) is 0 Å². The van der Waals surface area contributed by atoms with E-state index in [0.717, 1.165) is 0 Å². The van der Waals surface area contributed by atoms with Gasteiger partial charge in [0.1, 0.15) is 0 Å². The Morgan fingerprint density at radius 1 is 1.69 bits per heavy atom. The molecule has 0 bridgehead atoms. The highest BCUT2D eigenvalue weighted by Gasteiger charge is 2.24. The number of nitrogens with two attached hydrogens (primary N) is 1. The van der Waals surface area contributed by atoms with Crippen molar-refractivity contribution in [1.29, 1.82) is 5.26 Å². The molecule has 0 aliphatic heterocycles. The summed E-state index contributed by atoms with van der Waals surface area (Å²) in [4.78, 5) is 10.9. The molecule has 0 radical (unpaired) electrons. The van der Waals surface area contributed by atoms with E-state index >= 15 is 0 Å². The Labute approximate surface area is 79.1 Å². The molecular formula is C9H17N3O. The number of amides is 1. The minimum atomic E-state index is -0.546. The van der Waals surface area contributed by atoms with Crippen molar-refractivity contribution in [3.05, 3.63) is 0 Å². The van der Waals surface area contributed by atoms with Gasteiger partial charge in [-0.3, -0.25) is 4.79 Å². The summed E-state index contributed by atoms with van der Waals surface area (Å²) >= 11 is 0. The van der Waals surface area contributed by atoms with Gasteiger partial charge in [0.2, 0.25) is 5.91 Å². The number of rotatable bonds is 5. The lowest BCUT2D eigenvalue weighted by molar-refractivity contribution is -0.125. The predicted octanol–water partition coefficient (Wildman–Crippen LogP) is 0.247. The number of nitrogens with zero attached hydrogens (tertiary/aromatic N) is 1. The molecule has 0 saturated carbocycles. The lowest BCUT2D eigenvalue weighted by atomic mass is 9.92. The van der Waals surface area contributed by atoms with Gasteiger partial charge in [0.25, 0.3) is 0 Å². The fraction of sp³-hybridized carbons (Fsp3) is 0.778. The largest absolute Gasteiger partial charge is 0.369 e. The average Bonchev–Trinajstić information content (AvgIpc) is 2.03. The van der Waals surface area contributed by atoms with Crippen LogP contribution < -0.4 is 11.1 Å². The molecule has 0 aliphatic carbocycles. The van der Waals surface area contributed by atoms with Crippen LogP contribution in [0.5, 0.6) is 0 Å². The van der Waals surface area contributed by atoms with E-state index in [0.29, 0.717) is 13.1 Å². The molecule has 1 unspecified atom stereocenters. The number of carbonyl (C=O) groups excluding carboxylic acids is 1. The fourth-order valence-electron chi connectivity index (χ4n) is 0.734. The van der Waals surface area contributed by atoms with Crippen molar-refractivity contribution in [3.63, 3.8) is 0 Å². The summed E-state index contributed by atoms with van der Waals surface area (Å²) in [5.41, 5.74) is 4.63. The first-order valence-electron chi connectivity index (χ1n) is 4.30. The van der Waals surface area contributed by atoms with Crippen molar-refractivity contribution in [2.75, 3.05) is 13.1 Å². The highest BCUT2D eigenvalue weighted by Crippen LogP contribution is 2.11. The van der Waals surface area contributed by atoms with Gasteiger partial charge in [-0.2, -0.15) is 5.26 Å². The first-order valence-corrected chi connectivity index (χ1v) is 4.30. The van der Waals surface area contributed by atoms with E-state index in [-0.39, 0.29) is 11.8 Å². The van der Waals surface area contributed by atoms with Gasteiger partial charge in [0.05, 0.1) is 17.4 Å². The van der Waals surface area contributed by atoms with Crippen LogP contribution in [0.2, 0.25) is 0 Å². The van der Waals surface area contributed by atoms with Crippen molar-refractivity contribution in [1.82, 2.24) is 5.32 Å². The summed E-state index contributed by atoms with van der Waals surface area (Å²) < 4.78 is 0. The third kappa shape index (κ3) is 4.48. The SMILES string of the molecule is CC(C#N)CNCC(C)(C)C(N)=O. The molecule has 74 valence electrons. The molecule has 4 nitrogen and oxygen atoms in total. The maximum atomic E-state index is 10.9. The van der Waals surface area contributed by atoms with Gasteiger partial charge >= 0.3 is 0 Å². The molecule has 0 fully saturated rings. The summed E-state index contributed by atoms with van der Waals surface area (Å²) in [6, 6.07) is 2.10. The van der Waals surface area contributed by atoms with E-state index < -0.39 is 5.41 Å². The second-order valence-corrected chi connectivity index (χ2v) is 3.91. The topological polar surface area (TPSA) is 78.9 Å². The smallest absolute Gasteiger partial charge is 0.224 e. The van der Waals surface area contributed by atoms with E-state index in [2.05, 4.69) is 11.4 Å². The molecule has 0 aromatic heterocycles. The summed E-state index contributed by atoms with van der Waals surface area (Å²) in [6.45, 7) is 6.48. The van der Waals surface area contributed by atoms with E-state index in [9.17, 15) is 4.79 Å². The molecule has 13 heavy (non-hydrogen) atoms. The lowest BCUT2D eigenvalue weighted by Gasteiger charge is -2.21. The van der Waals surface area contributed by atoms with E-state index in [1.165, 1.54) is 0 Å². The predicted molar refractivity (Wildman–Crippen MR) is 50.6 cm³/mol. The molecule has 4 heteroatoms. The Morgan fingerprint density at radius 3 is 2.62 bits per heavy atom. The quantitative estimate of drug-likeness (QED) is 0.641. The van der Waals surface area contributed by atoms with Crippen molar-refractivity contribution < 1.29 is 4.79 Å². The second-order valence-electron chi connectivity index (χ2n) is 3.91. The van der Waals surface area contributed by atoms with Crippen LogP contribution in [-0.4, -0.2) is 19.0 Å². The van der Waals surface area contributed by atoms with Crippen LogP contribution in [-0.2, 0) is 4.79 Å². The molecule has 0 saturated heterocycles. The van der Waals surface area contributed by atoms with Gasteiger partial charge in [0.15, 0.2) is 0 Å². The van der Waals surface area contributed by atoms with Gasteiger partial charge in [-0.15, -0.1) is 0 Å². The maximum absolute atomic E-state index is 10.9. The molecule has 0 rings (SSSR count). The summed E-state index contributed by atoms with van der Waals surface area (Å²) in [5.74, 6) is -0.367. The van der Waals surface area contributed by atoms with Crippen molar-refractivity contribution in [2.45, 2.75) is 20.8 Å². The maximum Gasteiger partial charge on any atom is 0.224 e. The normalized spacial score (nSPS) is 13.4. The molecule has 3 N–H and O–H groups in total. The first-order chi connectivity index (χ1) is 5.90. The molecule has 0 spiro atoms. The van der Waals surface area contributed by atoms with Crippen molar-refractivity contribution >= 4 is 5.91 Å². The lowest BCUT2D eigenvalue weighted by Crippen LogP contribution is -2.41. The molecule has 1 atom stereocenters. The fourth-order valence-corrected chi connectivity index (χ4v) is 0.734. The van der Waals surface area contributed by atoms with Crippen LogP contribution in [0.1, 0.15) is 20.8 Å². The van der Waals surface area contributed by atoms with Crippen molar-refractivity contribution in [2.24, 2.45) is 17.1 Å². The van der Waals surface area contributed by atoms with Crippen LogP contribution in [0, 0.1) is 22.7 Å². The Morgan fingerprint density at radius 2 is 2.23 bits per heavy atom. The standard InChI is InChI=1S/C9H17N3O/c1-7(4-10)5-12-6-9(2,3)8(11)13/h7,12H,5-6H2,1-3H3,(H2,11,13). The van der Waals surface area contributed by atoms with Gasteiger partial charge in [0, 0.05) is 13.1 Å². The molecule has 0 aromatic carbocycles. The van der Waals surface area contributed by atoms with E-state index in [1.54, 1.807) is 13.8 Å². The number of nitriles is 1. The van der Waals surface area contributed by atoms with Gasteiger partial charge in [-0.25, -0.2) is 0 Å². The van der Waals surface area contributed by atoms with Gasteiger partial charge in [-0.05, 0) is 20.8 Å². The zero-order chi connectivity index (χ0) is 10.5. The van der Waals surface area contributed by atoms with Crippen LogP contribution >= 0.6 is 0 Å². The minimum Gasteiger partial charge on any atom is -0.369 e. The zero-order valence-electron chi connectivity index (χ0n) is 8.42. The summed E-state index contributed by atoms with van der Waals surface area (Å²) in [5, 5.41) is 11.5. The Hall–Kier alpha value is -1.08. The number of nitrogens with one attached hydrogen (secondary N) is 1. The molecule has 0 aromatic rings. The monoisotopic (exact) mass is 183 g/mol. The number of carbonyl (C=O) groups is 1. The summed E-state index contributed by atoms with van der Waals surface area (Å²) in [6.07, 6.45) is 0. The zero-order valence-corrected chi connectivity index (χ0v) is 8.42. The van der Waals surface area contributed by atoms with E-state index in [1.807, 2.05) is 6.92 Å². The molecule has 0 heterocycles. The Kier molecular flexibility index (Phi) is 4.43. The third-order valence-electron chi connectivity index (χ3n) is 1.90. The van der Waals surface area contributed by atoms with Crippen LogP contribution in [0.25, 0.3) is 0 Å². The molecule has 1 amide bonds. The molecule has 0 aliphatic rings. The minimum absolute atomic E-state index is 0.0383. The highest BCUT2D eigenvalue weighted by molar-refractivity contribution is 5.80. The van der Waals surface area contributed by atoms with E-state index in [4.69, 9.17) is 11.0 Å². The summed E-state index contributed by atoms with van der Waals surface area (Å²) in [7, 11) is 0. The Balaban J connectivity index is 3.78. The number of hydrogen-bond donors (Lipinski definition) is 2. The Bertz CT molecular complexity index is 217. The molecular weight excluding hydrogens is 166 g/mol. The van der Waals surface area contributed by atoms with Crippen molar-refractivity contribution in [3.8, 4) is 6.07 Å². The van der Waals surface area contributed by atoms with Gasteiger partial charge < -0.3 is 11.1 Å². The second kappa shape index (κ2) is 4.83. The first kappa shape index (κ1) is 11.9.